The predicted molar refractivity (Wildman–Crippen MR) is 176 cm³/mol. The van der Waals surface area contributed by atoms with Crippen LogP contribution in [0, 0.1) is 0 Å². The minimum atomic E-state index is 0.925. The van der Waals surface area contributed by atoms with E-state index in [0.29, 0.717) is 0 Å². The Bertz CT molecular complexity index is 2190. The van der Waals surface area contributed by atoms with Gasteiger partial charge in [0, 0.05) is 23.5 Å². The molecule has 4 heterocycles. The molecule has 6 heteroatoms. The predicted octanol–water partition coefficient (Wildman–Crippen LogP) is 10.0. The maximum Gasteiger partial charge on any atom is 0.0825 e. The Labute approximate surface area is 250 Å². The largest absolute Gasteiger partial charge is 0.252 e. The van der Waals surface area contributed by atoms with Crippen LogP contribution in [-0.4, -0.2) is 19.9 Å². The molecule has 0 fully saturated rings. The Kier molecular flexibility index (Phi) is 6.13. The van der Waals surface area contributed by atoms with Crippen molar-refractivity contribution < 1.29 is 0 Å². The van der Waals surface area contributed by atoms with E-state index in [4.69, 9.17) is 9.97 Å². The van der Waals surface area contributed by atoms with Crippen molar-refractivity contribution in [3.8, 4) is 54.8 Å². The van der Waals surface area contributed by atoms with Gasteiger partial charge < -0.3 is 0 Å². The van der Waals surface area contributed by atoms with Crippen LogP contribution in [0.25, 0.3) is 76.3 Å². The molecule has 0 saturated carbocycles. The zero-order valence-corrected chi connectivity index (χ0v) is 23.9. The van der Waals surface area contributed by atoms with Gasteiger partial charge in [-0.3, -0.25) is 9.97 Å². The molecule has 42 heavy (non-hydrogen) atoms. The monoisotopic (exact) mass is 574 g/mol. The summed E-state index contributed by atoms with van der Waals surface area (Å²) >= 11 is 3.20. The fourth-order valence-electron chi connectivity index (χ4n) is 5.65. The smallest absolute Gasteiger partial charge is 0.0825 e. The van der Waals surface area contributed by atoms with E-state index in [1.54, 1.807) is 22.7 Å². The summed E-state index contributed by atoms with van der Waals surface area (Å²) in [5, 5.41) is 4.57. The van der Waals surface area contributed by atoms with Gasteiger partial charge in [-0.2, -0.15) is 0 Å². The minimum Gasteiger partial charge on any atom is -0.252 e. The van der Waals surface area contributed by atoms with Gasteiger partial charge in [0.05, 0.1) is 43.6 Å². The summed E-state index contributed by atoms with van der Waals surface area (Å²) in [6.45, 7) is 0. The molecule has 0 N–H and O–H groups in total. The molecule has 0 aliphatic rings. The molecular weight excluding hydrogens is 553 g/mol. The van der Waals surface area contributed by atoms with Crippen molar-refractivity contribution >= 4 is 44.2 Å². The third-order valence-electron chi connectivity index (χ3n) is 7.51. The van der Waals surface area contributed by atoms with Crippen LogP contribution in [0.5, 0.6) is 0 Å². The second kappa shape index (κ2) is 10.4. The number of fused-ring (bicyclic) bond motifs is 2. The third kappa shape index (κ3) is 4.29. The Morgan fingerprint density at radius 2 is 0.929 bits per heavy atom. The van der Waals surface area contributed by atoms with Crippen LogP contribution in [0.3, 0.4) is 0 Å². The third-order valence-corrected chi connectivity index (χ3v) is 9.10. The molecule has 198 valence electrons. The SMILES string of the molecule is c1ccc(-c2ccc3c(-c4cccc(-c5cncs5)n4)c4ccccc4c(-c4cccc(-c5cncs5)n4)c3c2)cc1. The lowest BCUT2D eigenvalue weighted by Crippen LogP contribution is -1.95. The summed E-state index contributed by atoms with van der Waals surface area (Å²) in [7, 11) is 0. The number of rotatable bonds is 5. The van der Waals surface area contributed by atoms with Gasteiger partial charge in [0.15, 0.2) is 0 Å². The van der Waals surface area contributed by atoms with E-state index in [-0.39, 0.29) is 0 Å². The highest BCUT2D eigenvalue weighted by Crippen LogP contribution is 2.44. The normalized spacial score (nSPS) is 11.3. The lowest BCUT2D eigenvalue weighted by Gasteiger charge is -2.18. The van der Waals surface area contributed by atoms with Crippen LogP contribution in [-0.2, 0) is 0 Å². The number of benzene rings is 4. The van der Waals surface area contributed by atoms with Crippen LogP contribution < -0.4 is 0 Å². The summed E-state index contributed by atoms with van der Waals surface area (Å²) in [6, 6.07) is 38.4. The molecule has 0 aliphatic carbocycles. The van der Waals surface area contributed by atoms with Crippen molar-refractivity contribution in [1.29, 1.82) is 0 Å². The molecule has 0 spiro atoms. The molecule has 4 nitrogen and oxygen atoms in total. The first-order valence-corrected chi connectivity index (χ1v) is 15.4. The van der Waals surface area contributed by atoms with Crippen LogP contribution in [0.15, 0.2) is 133 Å². The Balaban J connectivity index is 1.47. The zero-order chi connectivity index (χ0) is 27.9. The summed E-state index contributed by atoms with van der Waals surface area (Å²) < 4.78 is 0. The average Bonchev–Trinajstić information content (AvgIpc) is 3.80. The fraction of sp³-hybridized carbons (Fsp3) is 0. The van der Waals surface area contributed by atoms with E-state index in [1.807, 2.05) is 23.4 Å². The molecule has 0 bridgehead atoms. The number of hydrogen-bond donors (Lipinski definition) is 0. The second-order valence-corrected chi connectivity index (χ2v) is 11.7. The Morgan fingerprint density at radius 3 is 1.50 bits per heavy atom. The van der Waals surface area contributed by atoms with Gasteiger partial charge in [0.2, 0.25) is 0 Å². The molecule has 0 radical (unpaired) electrons. The van der Waals surface area contributed by atoms with Crippen LogP contribution >= 0.6 is 22.7 Å². The first-order chi connectivity index (χ1) is 20.8. The van der Waals surface area contributed by atoms with E-state index in [0.717, 1.165) is 70.8 Å². The van der Waals surface area contributed by atoms with Gasteiger partial charge >= 0.3 is 0 Å². The molecule has 4 aromatic carbocycles. The van der Waals surface area contributed by atoms with E-state index >= 15 is 0 Å². The summed E-state index contributed by atoms with van der Waals surface area (Å²) in [4.78, 5) is 21.0. The van der Waals surface area contributed by atoms with E-state index < -0.39 is 0 Å². The number of hydrogen-bond acceptors (Lipinski definition) is 6. The van der Waals surface area contributed by atoms with E-state index in [2.05, 4.69) is 119 Å². The summed E-state index contributed by atoms with van der Waals surface area (Å²) in [5.74, 6) is 0. The molecule has 0 amide bonds. The Morgan fingerprint density at radius 1 is 0.405 bits per heavy atom. The highest BCUT2D eigenvalue weighted by molar-refractivity contribution is 7.13. The first-order valence-electron chi connectivity index (χ1n) is 13.6. The van der Waals surface area contributed by atoms with Gasteiger partial charge in [0.25, 0.3) is 0 Å². The zero-order valence-electron chi connectivity index (χ0n) is 22.3. The lowest BCUT2D eigenvalue weighted by atomic mass is 9.87. The Hall–Kier alpha value is -5.04. The first kappa shape index (κ1) is 24.7. The quantitative estimate of drug-likeness (QED) is 0.192. The maximum absolute atomic E-state index is 5.19. The molecule has 0 atom stereocenters. The van der Waals surface area contributed by atoms with Gasteiger partial charge in [0.1, 0.15) is 0 Å². The molecule has 0 aliphatic heterocycles. The van der Waals surface area contributed by atoms with Crippen LogP contribution in [0.1, 0.15) is 0 Å². The fourth-order valence-corrected chi connectivity index (χ4v) is 6.83. The average molecular weight is 575 g/mol. The van der Waals surface area contributed by atoms with Crippen molar-refractivity contribution in [1.82, 2.24) is 19.9 Å². The molecule has 8 aromatic rings. The molecule has 0 saturated heterocycles. The van der Waals surface area contributed by atoms with Gasteiger partial charge in [-0.15, -0.1) is 22.7 Å². The highest BCUT2D eigenvalue weighted by Gasteiger charge is 2.20. The maximum atomic E-state index is 5.19. The van der Waals surface area contributed by atoms with E-state index in [9.17, 15) is 0 Å². The van der Waals surface area contributed by atoms with Gasteiger partial charge in [-0.25, -0.2) is 9.97 Å². The molecule has 8 rings (SSSR count). The van der Waals surface area contributed by atoms with Crippen molar-refractivity contribution in [3.63, 3.8) is 0 Å². The lowest BCUT2D eigenvalue weighted by molar-refractivity contribution is 1.33. The van der Waals surface area contributed by atoms with Crippen molar-refractivity contribution in [2.45, 2.75) is 0 Å². The summed E-state index contributed by atoms with van der Waals surface area (Å²) in [5.41, 5.74) is 12.0. The minimum absolute atomic E-state index is 0.925. The second-order valence-electron chi connectivity index (χ2n) is 9.97. The van der Waals surface area contributed by atoms with Crippen LogP contribution in [0.4, 0.5) is 0 Å². The number of pyridine rings is 2. The summed E-state index contributed by atoms with van der Waals surface area (Å²) in [6.07, 6.45) is 3.76. The standard InChI is InChI=1S/C36H22N4S2/c1-2-8-23(9-3-1)24-16-17-27-28(18-24)36(32-15-7-13-30(40-32)34-20-38-22-42-34)26-11-5-4-10-25(26)35(27)31-14-6-12-29(39-31)33-19-37-21-41-33/h1-22H. The number of nitrogens with zero attached hydrogens (tertiary/aromatic N) is 4. The van der Waals surface area contributed by atoms with Crippen molar-refractivity contribution in [2.24, 2.45) is 0 Å². The number of aromatic nitrogens is 4. The van der Waals surface area contributed by atoms with Gasteiger partial charge in [-0.05, 0) is 63.0 Å². The topological polar surface area (TPSA) is 51.6 Å². The number of thiazole rings is 2. The van der Waals surface area contributed by atoms with Crippen molar-refractivity contribution in [3.05, 3.63) is 133 Å². The van der Waals surface area contributed by atoms with E-state index in [1.165, 1.54) is 5.56 Å². The van der Waals surface area contributed by atoms with Crippen LogP contribution in [0.2, 0.25) is 0 Å². The van der Waals surface area contributed by atoms with Gasteiger partial charge in [-0.1, -0.05) is 78.9 Å². The van der Waals surface area contributed by atoms with Crippen molar-refractivity contribution in [2.75, 3.05) is 0 Å². The molecule has 0 unspecified atom stereocenters. The molecule has 4 aromatic heterocycles. The molecular formula is C36H22N4S2. The highest BCUT2D eigenvalue weighted by atomic mass is 32.1.